The first-order chi connectivity index (χ1) is 16.9. The van der Waals surface area contributed by atoms with Crippen LogP contribution < -0.4 is 10.1 Å². The molecule has 8 heteroatoms. The van der Waals surface area contributed by atoms with Crippen LogP contribution in [0.2, 0.25) is 5.02 Å². The summed E-state index contributed by atoms with van der Waals surface area (Å²) in [5, 5.41) is 3.95. The van der Waals surface area contributed by atoms with Gasteiger partial charge in [0.05, 0.1) is 6.04 Å². The van der Waals surface area contributed by atoms with Gasteiger partial charge in [-0.15, -0.1) is 0 Å². The van der Waals surface area contributed by atoms with Crippen molar-refractivity contribution in [2.45, 2.75) is 51.1 Å². The SMILES string of the molecule is CCC(C)N(C(=O)Oc1ccc(F)cc1)[C@H]1CN(C(=O)C2CCNCC2)C[C@@H]1c1ccc(Cl)cc1. The van der Waals surface area contributed by atoms with E-state index < -0.39 is 11.9 Å². The second kappa shape index (κ2) is 11.4. The first kappa shape index (κ1) is 25.5. The fourth-order valence-corrected chi connectivity index (χ4v) is 5.23. The van der Waals surface area contributed by atoms with Gasteiger partial charge in [-0.3, -0.25) is 9.69 Å². The van der Waals surface area contributed by atoms with E-state index in [-0.39, 0.29) is 35.6 Å². The molecule has 1 unspecified atom stereocenters. The highest BCUT2D eigenvalue weighted by atomic mass is 35.5. The average Bonchev–Trinajstić information content (AvgIpc) is 3.30. The Morgan fingerprint density at radius 3 is 2.40 bits per heavy atom. The summed E-state index contributed by atoms with van der Waals surface area (Å²) in [4.78, 5) is 30.6. The smallest absolute Gasteiger partial charge is 0.410 e. The minimum absolute atomic E-state index is 0.00378. The number of amides is 2. The van der Waals surface area contributed by atoms with E-state index in [1.165, 1.54) is 24.3 Å². The fourth-order valence-electron chi connectivity index (χ4n) is 5.11. The second-order valence-electron chi connectivity index (χ2n) is 9.48. The third-order valence-electron chi connectivity index (χ3n) is 7.24. The lowest BCUT2D eigenvalue weighted by Crippen LogP contribution is -2.50. The molecule has 0 radical (unpaired) electrons. The van der Waals surface area contributed by atoms with E-state index >= 15 is 0 Å². The average molecular weight is 502 g/mol. The summed E-state index contributed by atoms with van der Waals surface area (Å²) >= 11 is 6.14. The van der Waals surface area contributed by atoms with Crippen LogP contribution in [0.5, 0.6) is 5.75 Å². The molecule has 6 nitrogen and oxygen atoms in total. The number of hydrogen-bond acceptors (Lipinski definition) is 4. The maximum Gasteiger partial charge on any atom is 0.415 e. The van der Waals surface area contributed by atoms with Crippen LogP contribution in [0, 0.1) is 11.7 Å². The number of halogens is 2. The van der Waals surface area contributed by atoms with E-state index in [0.717, 1.165) is 37.9 Å². The van der Waals surface area contributed by atoms with Crippen LogP contribution in [0.3, 0.4) is 0 Å². The lowest BCUT2D eigenvalue weighted by Gasteiger charge is -2.36. The molecule has 2 fully saturated rings. The Balaban J connectivity index is 1.63. The number of likely N-dealkylation sites (tertiary alicyclic amines) is 1. The van der Waals surface area contributed by atoms with Crippen molar-refractivity contribution in [1.29, 1.82) is 0 Å². The normalized spacial score (nSPS) is 21.5. The van der Waals surface area contributed by atoms with Crippen LogP contribution >= 0.6 is 11.6 Å². The van der Waals surface area contributed by atoms with Gasteiger partial charge in [0.1, 0.15) is 11.6 Å². The van der Waals surface area contributed by atoms with Crippen molar-refractivity contribution in [2.24, 2.45) is 5.92 Å². The van der Waals surface area contributed by atoms with Crippen molar-refractivity contribution in [3.05, 3.63) is 64.9 Å². The Hall–Kier alpha value is -2.64. The molecule has 0 saturated carbocycles. The molecule has 2 aliphatic heterocycles. The monoisotopic (exact) mass is 501 g/mol. The van der Waals surface area contributed by atoms with E-state index in [4.69, 9.17) is 16.3 Å². The summed E-state index contributed by atoms with van der Waals surface area (Å²) in [5.74, 6) is -0.0247. The molecule has 188 valence electrons. The van der Waals surface area contributed by atoms with Crippen LogP contribution in [-0.2, 0) is 4.79 Å². The van der Waals surface area contributed by atoms with Crippen molar-refractivity contribution in [1.82, 2.24) is 15.1 Å². The highest BCUT2D eigenvalue weighted by Gasteiger charge is 2.44. The van der Waals surface area contributed by atoms with Crippen molar-refractivity contribution in [3.8, 4) is 5.75 Å². The first-order valence-electron chi connectivity index (χ1n) is 12.4. The molecule has 0 aliphatic carbocycles. The third kappa shape index (κ3) is 5.96. The quantitative estimate of drug-likeness (QED) is 0.600. The predicted molar refractivity (Wildman–Crippen MR) is 134 cm³/mol. The standard InChI is InChI=1S/C27H33ClFN3O3/c1-3-18(2)32(27(34)35-23-10-8-22(29)9-11-23)25-17-31(26(33)20-12-14-30-15-13-20)16-24(25)19-4-6-21(28)7-5-19/h4-11,18,20,24-25,30H,3,12-17H2,1-2H3/t18?,24-,25+/m1/s1. The number of hydrogen-bond donors (Lipinski definition) is 1. The van der Waals surface area contributed by atoms with Gasteiger partial charge in [-0.2, -0.15) is 0 Å². The van der Waals surface area contributed by atoms with E-state index in [2.05, 4.69) is 5.32 Å². The highest BCUT2D eigenvalue weighted by Crippen LogP contribution is 2.35. The fraction of sp³-hybridized carbons (Fsp3) is 0.481. The molecule has 2 amide bonds. The van der Waals surface area contributed by atoms with Gasteiger partial charge in [0.2, 0.25) is 5.91 Å². The molecule has 2 aliphatic rings. The van der Waals surface area contributed by atoms with Gasteiger partial charge < -0.3 is 15.0 Å². The van der Waals surface area contributed by atoms with Gasteiger partial charge in [-0.05, 0) is 81.2 Å². The summed E-state index contributed by atoms with van der Waals surface area (Å²) in [6, 6.07) is 12.7. The summed E-state index contributed by atoms with van der Waals surface area (Å²) in [6.45, 7) is 6.68. The van der Waals surface area contributed by atoms with E-state index in [1.54, 1.807) is 4.90 Å². The molecule has 2 saturated heterocycles. The van der Waals surface area contributed by atoms with Crippen LogP contribution in [0.1, 0.15) is 44.6 Å². The van der Waals surface area contributed by atoms with Crippen LogP contribution in [-0.4, -0.2) is 60.1 Å². The molecule has 2 aromatic carbocycles. The summed E-state index contributed by atoms with van der Waals surface area (Å²) in [6.07, 6.45) is 1.89. The summed E-state index contributed by atoms with van der Waals surface area (Å²) in [5.41, 5.74) is 1.03. The van der Waals surface area contributed by atoms with Crippen molar-refractivity contribution < 1.29 is 18.7 Å². The van der Waals surface area contributed by atoms with Crippen molar-refractivity contribution in [2.75, 3.05) is 26.2 Å². The molecule has 0 bridgehead atoms. The molecule has 2 aromatic rings. The number of rotatable bonds is 6. The zero-order chi connectivity index (χ0) is 24.9. The van der Waals surface area contributed by atoms with E-state index in [1.807, 2.05) is 43.0 Å². The number of carbonyl (C=O) groups excluding carboxylic acids is 2. The van der Waals surface area contributed by atoms with Gasteiger partial charge in [0, 0.05) is 36.0 Å². The van der Waals surface area contributed by atoms with Crippen molar-refractivity contribution in [3.63, 3.8) is 0 Å². The van der Waals surface area contributed by atoms with E-state index in [0.29, 0.717) is 18.1 Å². The molecular formula is C27H33ClFN3O3. The maximum absolute atomic E-state index is 13.5. The minimum Gasteiger partial charge on any atom is -0.410 e. The number of ether oxygens (including phenoxy) is 1. The Bertz CT molecular complexity index is 1010. The second-order valence-corrected chi connectivity index (χ2v) is 9.92. The maximum atomic E-state index is 13.5. The largest absolute Gasteiger partial charge is 0.415 e. The zero-order valence-corrected chi connectivity index (χ0v) is 21.0. The Morgan fingerprint density at radius 2 is 1.77 bits per heavy atom. The topological polar surface area (TPSA) is 61.9 Å². The number of benzene rings is 2. The molecule has 3 atom stereocenters. The molecule has 4 rings (SSSR count). The van der Waals surface area contributed by atoms with Gasteiger partial charge >= 0.3 is 6.09 Å². The molecule has 0 aromatic heterocycles. The lowest BCUT2D eigenvalue weighted by molar-refractivity contribution is -0.135. The number of piperidine rings is 1. The minimum atomic E-state index is -0.494. The van der Waals surface area contributed by atoms with Gasteiger partial charge in [-0.25, -0.2) is 9.18 Å². The van der Waals surface area contributed by atoms with Gasteiger partial charge in [0.15, 0.2) is 0 Å². The Morgan fingerprint density at radius 1 is 1.11 bits per heavy atom. The number of carbonyl (C=O) groups is 2. The van der Waals surface area contributed by atoms with Crippen LogP contribution in [0.25, 0.3) is 0 Å². The highest BCUT2D eigenvalue weighted by molar-refractivity contribution is 6.30. The Labute approximate surface area is 211 Å². The summed E-state index contributed by atoms with van der Waals surface area (Å²) < 4.78 is 19.0. The zero-order valence-electron chi connectivity index (χ0n) is 20.3. The molecule has 0 spiro atoms. The Kier molecular flexibility index (Phi) is 8.29. The van der Waals surface area contributed by atoms with Crippen molar-refractivity contribution >= 4 is 23.6 Å². The van der Waals surface area contributed by atoms with Crippen LogP contribution in [0.4, 0.5) is 9.18 Å². The van der Waals surface area contributed by atoms with Gasteiger partial charge in [-0.1, -0.05) is 30.7 Å². The molecular weight excluding hydrogens is 469 g/mol. The molecule has 35 heavy (non-hydrogen) atoms. The molecule has 1 N–H and O–H groups in total. The van der Waals surface area contributed by atoms with Gasteiger partial charge in [0.25, 0.3) is 0 Å². The third-order valence-corrected chi connectivity index (χ3v) is 7.49. The van der Waals surface area contributed by atoms with Crippen LogP contribution in [0.15, 0.2) is 48.5 Å². The number of nitrogens with zero attached hydrogens (tertiary/aromatic N) is 2. The predicted octanol–water partition coefficient (Wildman–Crippen LogP) is 5.07. The first-order valence-corrected chi connectivity index (χ1v) is 12.8. The van der Waals surface area contributed by atoms with E-state index in [9.17, 15) is 14.0 Å². The lowest BCUT2D eigenvalue weighted by atomic mass is 9.92. The summed E-state index contributed by atoms with van der Waals surface area (Å²) in [7, 11) is 0. The number of nitrogens with one attached hydrogen (secondary N) is 1. The molecule has 2 heterocycles.